The largest absolute Gasteiger partial charge is 0.338 e. The Kier molecular flexibility index (Phi) is 3.18. The highest BCUT2D eigenvalue weighted by atomic mass is 32.1. The van der Waals surface area contributed by atoms with Gasteiger partial charge in [-0.15, -0.1) is 11.3 Å². The average molecular weight is 263 g/mol. The van der Waals surface area contributed by atoms with E-state index in [0.29, 0.717) is 0 Å². The fraction of sp³-hybridized carbons (Fsp3) is 0.538. The van der Waals surface area contributed by atoms with E-state index in [2.05, 4.69) is 33.4 Å². The molecule has 1 aliphatic heterocycles. The van der Waals surface area contributed by atoms with Gasteiger partial charge in [-0.2, -0.15) is 4.98 Å². The van der Waals surface area contributed by atoms with Crippen molar-refractivity contribution in [3.05, 3.63) is 33.6 Å². The molecule has 0 amide bonds. The fourth-order valence-corrected chi connectivity index (χ4v) is 3.23. The summed E-state index contributed by atoms with van der Waals surface area (Å²) in [6.45, 7) is 6.24. The van der Waals surface area contributed by atoms with Crippen LogP contribution in [0.3, 0.4) is 0 Å². The number of fused-ring (bicyclic) bond motifs is 1. The first-order valence-electron chi connectivity index (χ1n) is 6.39. The lowest BCUT2D eigenvalue weighted by Gasteiger charge is -2.30. The van der Waals surface area contributed by atoms with Gasteiger partial charge in [0, 0.05) is 24.4 Å². The van der Waals surface area contributed by atoms with Gasteiger partial charge >= 0.3 is 0 Å². The van der Waals surface area contributed by atoms with Crippen molar-refractivity contribution in [3.63, 3.8) is 0 Å². The minimum Gasteiger partial charge on any atom is -0.338 e. The second-order valence-corrected chi connectivity index (χ2v) is 5.67. The molecule has 18 heavy (non-hydrogen) atoms. The maximum Gasteiger partial charge on any atom is 0.243 e. The van der Waals surface area contributed by atoms with Gasteiger partial charge in [0.15, 0.2) is 5.82 Å². The van der Waals surface area contributed by atoms with Crippen LogP contribution in [-0.4, -0.2) is 21.6 Å². The normalized spacial score (nSPS) is 17.7. The summed E-state index contributed by atoms with van der Waals surface area (Å²) < 4.78 is 5.34. The first-order valence-corrected chi connectivity index (χ1v) is 7.27. The quantitative estimate of drug-likeness (QED) is 0.854. The van der Waals surface area contributed by atoms with E-state index in [1.54, 1.807) is 0 Å². The minimum absolute atomic E-state index is 0.200. The lowest BCUT2D eigenvalue weighted by molar-refractivity contribution is 0.159. The third-order valence-corrected chi connectivity index (χ3v) is 4.57. The van der Waals surface area contributed by atoms with E-state index in [1.165, 1.54) is 10.4 Å². The van der Waals surface area contributed by atoms with Crippen molar-refractivity contribution in [2.45, 2.75) is 39.3 Å². The number of hydrogen-bond donors (Lipinski definition) is 0. The molecule has 96 valence electrons. The summed E-state index contributed by atoms with van der Waals surface area (Å²) in [6, 6.07) is 2.43. The molecule has 0 bridgehead atoms. The summed E-state index contributed by atoms with van der Waals surface area (Å²) in [5.41, 5.74) is 1.45. The molecular weight excluding hydrogens is 246 g/mol. The first-order chi connectivity index (χ1) is 8.78. The first kappa shape index (κ1) is 11.9. The number of aryl methyl sites for hydroxylation is 1. The predicted octanol–water partition coefficient (Wildman–Crippen LogP) is 2.81. The Hall–Kier alpha value is -1.20. The van der Waals surface area contributed by atoms with Gasteiger partial charge in [-0.3, -0.25) is 4.90 Å². The minimum atomic E-state index is 0.200. The van der Waals surface area contributed by atoms with Crippen LogP contribution in [0, 0.1) is 0 Å². The van der Waals surface area contributed by atoms with Crippen LogP contribution >= 0.6 is 11.3 Å². The van der Waals surface area contributed by atoms with E-state index in [-0.39, 0.29) is 6.04 Å². The SMILES string of the molecule is CCc1noc([C@H](C)N2CCc3sccc3C2)n1. The molecule has 0 aliphatic carbocycles. The van der Waals surface area contributed by atoms with Crippen molar-refractivity contribution in [2.75, 3.05) is 6.54 Å². The van der Waals surface area contributed by atoms with Crippen molar-refractivity contribution < 1.29 is 4.52 Å². The zero-order valence-electron chi connectivity index (χ0n) is 10.7. The van der Waals surface area contributed by atoms with Gasteiger partial charge in [-0.25, -0.2) is 0 Å². The third kappa shape index (κ3) is 2.08. The Morgan fingerprint density at radius 3 is 3.22 bits per heavy atom. The van der Waals surface area contributed by atoms with Crippen LogP contribution in [0.1, 0.15) is 42.0 Å². The van der Waals surface area contributed by atoms with Crippen LogP contribution in [0.5, 0.6) is 0 Å². The summed E-state index contributed by atoms with van der Waals surface area (Å²) in [7, 11) is 0. The van der Waals surface area contributed by atoms with Gasteiger partial charge < -0.3 is 4.52 Å². The van der Waals surface area contributed by atoms with Crippen molar-refractivity contribution in [1.29, 1.82) is 0 Å². The standard InChI is InChI=1S/C13H17N3OS/c1-3-12-14-13(17-15-12)9(2)16-6-4-11-10(8-16)5-7-18-11/h5,7,9H,3-4,6,8H2,1-2H3/t9-/m0/s1. The van der Waals surface area contributed by atoms with Crippen LogP contribution in [0.2, 0.25) is 0 Å². The van der Waals surface area contributed by atoms with Crippen LogP contribution in [0.4, 0.5) is 0 Å². The highest BCUT2D eigenvalue weighted by Gasteiger charge is 2.25. The highest BCUT2D eigenvalue weighted by Crippen LogP contribution is 2.29. The molecule has 0 saturated heterocycles. The van der Waals surface area contributed by atoms with Gasteiger partial charge in [0.25, 0.3) is 0 Å². The Labute approximate surface area is 111 Å². The third-order valence-electron chi connectivity index (χ3n) is 3.54. The van der Waals surface area contributed by atoms with Crippen molar-refractivity contribution in [2.24, 2.45) is 0 Å². The number of rotatable bonds is 3. The molecule has 0 N–H and O–H groups in total. The molecule has 1 aliphatic rings. The summed E-state index contributed by atoms with van der Waals surface area (Å²) >= 11 is 1.86. The number of aromatic nitrogens is 2. The van der Waals surface area contributed by atoms with Crippen molar-refractivity contribution in [1.82, 2.24) is 15.0 Å². The molecule has 0 fully saturated rings. The van der Waals surface area contributed by atoms with Gasteiger partial charge in [0.1, 0.15) is 0 Å². The Balaban J connectivity index is 1.76. The zero-order chi connectivity index (χ0) is 12.5. The van der Waals surface area contributed by atoms with Crippen molar-refractivity contribution >= 4 is 11.3 Å². The van der Waals surface area contributed by atoms with Crippen LogP contribution in [0.25, 0.3) is 0 Å². The van der Waals surface area contributed by atoms with Crippen LogP contribution in [-0.2, 0) is 19.4 Å². The van der Waals surface area contributed by atoms with Crippen LogP contribution < -0.4 is 0 Å². The molecular formula is C13H17N3OS. The van der Waals surface area contributed by atoms with Gasteiger partial charge in [0.2, 0.25) is 5.89 Å². The molecule has 2 aromatic heterocycles. The van der Waals surface area contributed by atoms with E-state index >= 15 is 0 Å². The summed E-state index contributed by atoms with van der Waals surface area (Å²) in [6.07, 6.45) is 1.96. The highest BCUT2D eigenvalue weighted by molar-refractivity contribution is 7.10. The molecule has 3 heterocycles. The number of hydrogen-bond acceptors (Lipinski definition) is 5. The second-order valence-electron chi connectivity index (χ2n) is 4.67. The average Bonchev–Trinajstić information content (AvgIpc) is 3.05. The zero-order valence-corrected chi connectivity index (χ0v) is 11.5. The maximum atomic E-state index is 5.34. The van der Waals surface area contributed by atoms with E-state index in [4.69, 9.17) is 4.52 Å². The maximum absolute atomic E-state index is 5.34. The number of nitrogens with zero attached hydrogens (tertiary/aromatic N) is 3. The number of thiophene rings is 1. The summed E-state index contributed by atoms with van der Waals surface area (Å²) in [5, 5.41) is 6.16. The smallest absolute Gasteiger partial charge is 0.243 e. The molecule has 3 rings (SSSR count). The Morgan fingerprint density at radius 2 is 2.44 bits per heavy atom. The molecule has 2 aromatic rings. The Morgan fingerprint density at radius 1 is 1.56 bits per heavy atom. The molecule has 0 unspecified atom stereocenters. The molecule has 0 radical (unpaired) electrons. The van der Waals surface area contributed by atoms with E-state index in [9.17, 15) is 0 Å². The predicted molar refractivity (Wildman–Crippen MR) is 70.5 cm³/mol. The molecule has 1 atom stereocenters. The van der Waals surface area contributed by atoms with E-state index in [1.807, 2.05) is 18.3 Å². The molecule has 5 heteroatoms. The van der Waals surface area contributed by atoms with Gasteiger partial charge in [-0.1, -0.05) is 12.1 Å². The van der Waals surface area contributed by atoms with Crippen LogP contribution in [0.15, 0.2) is 16.0 Å². The lowest BCUT2D eigenvalue weighted by atomic mass is 10.1. The topological polar surface area (TPSA) is 42.2 Å². The fourth-order valence-electron chi connectivity index (χ4n) is 2.34. The second kappa shape index (κ2) is 4.82. The monoisotopic (exact) mass is 263 g/mol. The lowest BCUT2D eigenvalue weighted by Crippen LogP contribution is -2.32. The summed E-state index contributed by atoms with van der Waals surface area (Å²) in [5.74, 6) is 1.54. The summed E-state index contributed by atoms with van der Waals surface area (Å²) in [4.78, 5) is 8.36. The molecule has 4 nitrogen and oxygen atoms in total. The molecule has 0 aromatic carbocycles. The van der Waals surface area contributed by atoms with E-state index in [0.717, 1.165) is 37.6 Å². The van der Waals surface area contributed by atoms with Gasteiger partial charge in [-0.05, 0) is 30.4 Å². The van der Waals surface area contributed by atoms with Crippen molar-refractivity contribution in [3.8, 4) is 0 Å². The van der Waals surface area contributed by atoms with Gasteiger partial charge in [0.05, 0.1) is 6.04 Å². The molecule has 0 spiro atoms. The Bertz CT molecular complexity index is 534. The van der Waals surface area contributed by atoms with E-state index < -0.39 is 0 Å². The molecule has 0 saturated carbocycles.